The zero-order valence-electron chi connectivity index (χ0n) is 61.0. The molecule has 0 saturated carbocycles. The van der Waals surface area contributed by atoms with Gasteiger partial charge in [-0.05, 0) is 66.8 Å². The van der Waals surface area contributed by atoms with Crippen LogP contribution < -0.4 is 16.1 Å². The Labute approximate surface area is 585 Å². The van der Waals surface area contributed by atoms with Crippen LogP contribution in [0.25, 0.3) is 0 Å². The second-order valence-electron chi connectivity index (χ2n) is 26.7. The van der Waals surface area contributed by atoms with E-state index < -0.39 is 117 Å². The average molecular weight is 1400 g/mol. The number of aromatic nitrogens is 3. The van der Waals surface area contributed by atoms with Gasteiger partial charge < -0.3 is 81.2 Å². The molecule has 2 N–H and O–H groups in total. The summed E-state index contributed by atoms with van der Waals surface area (Å²) >= 11 is 0. The minimum Gasteiger partial charge on any atom is -0.455 e. The Morgan fingerprint density at radius 1 is 0.449 bits per heavy atom. The maximum atomic E-state index is 14.9. The van der Waals surface area contributed by atoms with Gasteiger partial charge in [0.15, 0.2) is 31.0 Å². The molecule has 6 unspecified atom stereocenters. The molecule has 2 aromatic carbocycles. The number of ether oxygens (including phenoxy) is 15. The highest BCUT2D eigenvalue weighted by atomic mass is 28.4. The lowest BCUT2D eigenvalue weighted by molar-refractivity contribution is -0.323. The summed E-state index contributed by atoms with van der Waals surface area (Å²) in [5.41, 5.74) is 5.74. The normalized spacial score (nSPS) is 25.2. The summed E-state index contributed by atoms with van der Waals surface area (Å²) in [4.78, 5) is 46.6. The number of esters is 2. The predicted octanol–water partition coefficient (Wildman–Crippen LogP) is 10.7. The summed E-state index contributed by atoms with van der Waals surface area (Å²) in [5, 5.41) is 5.91. The number of primary amides is 1. The van der Waals surface area contributed by atoms with Gasteiger partial charge in [0.2, 0.25) is 5.82 Å². The van der Waals surface area contributed by atoms with Crippen molar-refractivity contribution in [2.24, 2.45) is 5.73 Å². The van der Waals surface area contributed by atoms with Gasteiger partial charge in [0.1, 0.15) is 61.3 Å². The van der Waals surface area contributed by atoms with Crippen LogP contribution >= 0.6 is 0 Å². The number of carbonyl (C=O) groups excluding carboxylic acids is 3. The van der Waals surface area contributed by atoms with Gasteiger partial charge >= 0.3 is 11.9 Å². The van der Waals surface area contributed by atoms with Gasteiger partial charge in [-0.1, -0.05) is 188 Å². The molecule has 1 amide bonds. The van der Waals surface area contributed by atoms with Crippen molar-refractivity contribution in [2.45, 2.75) is 283 Å². The summed E-state index contributed by atoms with van der Waals surface area (Å²) in [5.74, 6) is -2.67. The lowest BCUT2D eigenvalue weighted by Crippen LogP contribution is -2.67. The minimum absolute atomic E-state index is 0.158. The van der Waals surface area contributed by atoms with Crippen molar-refractivity contribution in [3.63, 3.8) is 0 Å². The fourth-order valence-electron chi connectivity index (χ4n) is 12.2. The van der Waals surface area contributed by atoms with Gasteiger partial charge in [0, 0.05) is 52.9 Å². The molecule has 0 radical (unpaired) electrons. The Bertz CT molecular complexity index is 2580. The zero-order valence-corrected chi connectivity index (χ0v) is 62.0. The molecule has 3 saturated heterocycles. The molecule has 556 valence electrons. The van der Waals surface area contributed by atoms with Crippen LogP contribution in [0.4, 0.5) is 0 Å². The Hall–Kier alpha value is -4.35. The molecule has 3 aliphatic heterocycles. The van der Waals surface area contributed by atoms with E-state index in [-0.39, 0.29) is 51.7 Å². The summed E-state index contributed by atoms with van der Waals surface area (Å²) in [6.45, 7) is 27.1. The van der Waals surface area contributed by atoms with Gasteiger partial charge in [-0.2, -0.15) is 0 Å². The number of nitrogens with two attached hydrogens (primary N) is 1. The first-order valence-corrected chi connectivity index (χ1v) is 38.9. The second kappa shape index (κ2) is 45.6. The topological polar surface area (TPSA) is 256 Å². The van der Waals surface area contributed by atoms with Crippen molar-refractivity contribution in [1.82, 2.24) is 14.8 Å². The van der Waals surface area contributed by atoms with Crippen LogP contribution in [0.1, 0.15) is 209 Å². The van der Waals surface area contributed by atoms with Crippen molar-refractivity contribution in [3.8, 4) is 0 Å². The molecule has 0 aliphatic carbocycles. The molecular weight excluding hydrogens is 1280 g/mol. The van der Waals surface area contributed by atoms with Crippen LogP contribution in [0.5, 0.6) is 0 Å². The third kappa shape index (κ3) is 25.0. The van der Waals surface area contributed by atoms with E-state index >= 15 is 0 Å². The highest BCUT2D eigenvalue weighted by Gasteiger charge is 2.56. The molecule has 4 heterocycles. The monoisotopic (exact) mass is 1400 g/mol. The van der Waals surface area contributed by atoms with E-state index in [1.807, 2.05) is 36.4 Å². The molecule has 3 aromatic rings. The highest BCUT2D eigenvalue weighted by Crippen LogP contribution is 2.40. The van der Waals surface area contributed by atoms with Gasteiger partial charge in [-0.3, -0.25) is 14.4 Å². The smallest absolute Gasteiger partial charge is 0.308 e. The van der Waals surface area contributed by atoms with Crippen LogP contribution in [0, 0.1) is 0 Å². The Kier molecular flexibility index (Phi) is 38.4. The fraction of sp³-hybridized carbons (Fsp3) is 0.770. The van der Waals surface area contributed by atoms with Crippen molar-refractivity contribution in [3.05, 3.63) is 72.8 Å². The fourth-order valence-corrected chi connectivity index (χ4v) is 16.8. The maximum absolute atomic E-state index is 14.9. The van der Waals surface area contributed by atoms with Gasteiger partial charge in [-0.25, -0.2) is 9.67 Å². The molecule has 1 aromatic heterocycles. The highest BCUT2D eigenvalue weighted by molar-refractivity contribution is 6.99. The largest absolute Gasteiger partial charge is 0.455 e. The number of benzene rings is 2. The first-order valence-electron chi connectivity index (χ1n) is 37.0. The molecule has 98 heavy (non-hydrogen) atoms. The van der Waals surface area contributed by atoms with Crippen LogP contribution in [-0.2, 0) is 85.1 Å². The number of hydrogen-bond donors (Lipinski definition) is 1. The standard InChI is InChI=1S/C74H122N4O19Si/c1-12-20-40-82-50-56-61(84-42-22-14-3)64(86-44-24-16-5)67(88-46-26-18-7)72(94-56)90-48-38-59(79)96-63-58(52-92-98(74(9,10)11,54-34-30-28-31-35-54)55-36-32-29-33-37-55)93-71(78-53-76-70(77-78)69(75)81)66(63)97-60(80)39-49-91-73-68(89-47-27-19-8)65(87-45-25-17-6)62(85-43-23-15-4)57(95-73)51-83-41-21-13-2/h28-37,53,56-58,61-68,71-73H,12-27,38-52H2,1-11H3,(H2,75,81)/t56?,57?,58-,61+,62+,63-,64?,65?,66-,67?,68?,71-,72-,73-/m1/s1. The van der Waals surface area contributed by atoms with E-state index in [9.17, 15) is 14.4 Å². The summed E-state index contributed by atoms with van der Waals surface area (Å²) < 4.78 is 108. The van der Waals surface area contributed by atoms with E-state index in [1.165, 1.54) is 11.0 Å². The molecule has 3 fully saturated rings. The van der Waals surface area contributed by atoms with Crippen molar-refractivity contribution < 1.29 is 89.9 Å². The number of hydrogen-bond acceptors (Lipinski definition) is 21. The molecule has 0 spiro atoms. The molecule has 14 atom stereocenters. The quantitative estimate of drug-likeness (QED) is 0.0313. The number of unbranched alkanes of at least 4 members (excludes halogenated alkanes) is 8. The Balaban J connectivity index is 1.35. The van der Waals surface area contributed by atoms with Crippen molar-refractivity contribution in [2.75, 3.05) is 85.9 Å². The molecule has 23 nitrogen and oxygen atoms in total. The number of rotatable bonds is 51. The molecular formula is C74H122N4O19Si. The predicted molar refractivity (Wildman–Crippen MR) is 374 cm³/mol. The van der Waals surface area contributed by atoms with Gasteiger partial charge in [-0.15, -0.1) is 5.10 Å². The first kappa shape index (κ1) is 82.6. The molecule has 24 heteroatoms. The second-order valence-corrected chi connectivity index (χ2v) is 31.0. The number of carbonyl (C=O) groups is 3. The van der Waals surface area contributed by atoms with Gasteiger partial charge in [0.05, 0.1) is 45.9 Å². The van der Waals surface area contributed by atoms with E-state index in [1.54, 1.807) is 0 Å². The third-order valence-electron chi connectivity index (χ3n) is 17.7. The maximum Gasteiger partial charge on any atom is 0.308 e. The Morgan fingerprint density at radius 3 is 1.19 bits per heavy atom. The average Bonchev–Trinajstić information content (AvgIpc) is 0.899. The van der Waals surface area contributed by atoms with Crippen LogP contribution in [0.15, 0.2) is 67.0 Å². The third-order valence-corrected chi connectivity index (χ3v) is 22.8. The lowest BCUT2D eigenvalue weighted by atomic mass is 9.98. The van der Waals surface area contributed by atoms with Crippen molar-refractivity contribution >= 4 is 36.5 Å². The number of nitrogens with zero attached hydrogens (tertiary/aromatic N) is 3. The SMILES string of the molecule is CCCCOCC1O[C@@H](OCCC(=O)O[C@@H]2[C@H](OC(=O)CCO[C@@H]3OC(COCCCC)[C@H](OCCCC)C(OCCCC)C3OCCCC)[C@@H](CO[Si](c3ccccc3)(c3ccccc3)C(C)(C)C)O[C@H]2n2cnc(C(N)=O)n2)C(OCCCC)C(OCCCC)[C@H]1OCCCC. The van der Waals surface area contributed by atoms with Crippen LogP contribution in [0.2, 0.25) is 5.04 Å². The van der Waals surface area contributed by atoms with E-state index in [0.717, 1.165) is 113 Å². The number of amides is 1. The zero-order chi connectivity index (χ0) is 70.6. The first-order chi connectivity index (χ1) is 47.6. The summed E-state index contributed by atoms with van der Waals surface area (Å²) in [7, 11) is -3.32. The van der Waals surface area contributed by atoms with E-state index in [0.29, 0.717) is 52.9 Å². The summed E-state index contributed by atoms with van der Waals surface area (Å²) in [6.07, 6.45) is 2.73. The van der Waals surface area contributed by atoms with Crippen LogP contribution in [0.3, 0.4) is 0 Å². The van der Waals surface area contributed by atoms with Crippen LogP contribution in [-0.4, -0.2) is 207 Å². The molecule has 3 aliphatic rings. The van der Waals surface area contributed by atoms with E-state index in [4.69, 9.17) is 81.2 Å². The lowest BCUT2D eigenvalue weighted by Gasteiger charge is -2.46. The molecule has 6 rings (SSSR count). The Morgan fingerprint density at radius 2 is 0.816 bits per heavy atom. The van der Waals surface area contributed by atoms with Gasteiger partial charge in [0.25, 0.3) is 14.2 Å². The molecule has 0 bridgehead atoms. The van der Waals surface area contributed by atoms with E-state index in [2.05, 4.69) is 111 Å². The summed E-state index contributed by atoms with van der Waals surface area (Å²) in [6, 6.07) is 20.2. The van der Waals surface area contributed by atoms with Crippen molar-refractivity contribution in [1.29, 1.82) is 0 Å². The minimum atomic E-state index is -3.32.